The molecule has 1 N–H and O–H groups in total. The van der Waals surface area contributed by atoms with E-state index in [1.165, 1.54) is 4.57 Å². The zero-order chi connectivity index (χ0) is 23.4. The summed E-state index contributed by atoms with van der Waals surface area (Å²) in [7, 11) is 0. The number of ether oxygens (including phenoxy) is 1. The molecule has 8 nitrogen and oxygen atoms in total. The van der Waals surface area contributed by atoms with Gasteiger partial charge in [-0.3, -0.25) is 18.6 Å². The maximum atomic E-state index is 13.0. The van der Waals surface area contributed by atoms with E-state index in [1.807, 2.05) is 69.3 Å². The molecular formula is C25H27N5O3. The second kappa shape index (κ2) is 9.68. The zero-order valence-corrected chi connectivity index (χ0v) is 19.0. The molecule has 0 aliphatic heterocycles. The van der Waals surface area contributed by atoms with Crippen LogP contribution in [0.5, 0.6) is 5.75 Å². The van der Waals surface area contributed by atoms with Crippen molar-refractivity contribution in [3.8, 4) is 11.4 Å². The molecule has 2 heterocycles. The topological polar surface area (TPSA) is 90.5 Å². The number of amides is 1. The Kier molecular flexibility index (Phi) is 6.53. The summed E-state index contributed by atoms with van der Waals surface area (Å²) in [6.07, 6.45) is 4.34. The summed E-state index contributed by atoms with van der Waals surface area (Å²) < 4.78 is 8.69. The molecule has 1 amide bonds. The molecule has 170 valence electrons. The molecule has 0 aliphatic rings. The Morgan fingerprint density at radius 3 is 2.48 bits per heavy atom. The number of carbonyl (C=O) groups is 1. The fourth-order valence-electron chi connectivity index (χ4n) is 3.70. The normalized spacial score (nSPS) is 12.0. The molecule has 33 heavy (non-hydrogen) atoms. The molecule has 0 unspecified atom stereocenters. The van der Waals surface area contributed by atoms with Crippen molar-refractivity contribution in [3.63, 3.8) is 0 Å². The van der Waals surface area contributed by atoms with Crippen molar-refractivity contribution in [1.29, 1.82) is 0 Å². The second-order valence-electron chi connectivity index (χ2n) is 8.14. The van der Waals surface area contributed by atoms with Gasteiger partial charge >= 0.3 is 5.56 Å². The summed E-state index contributed by atoms with van der Waals surface area (Å²) in [5, 5.41) is 11.3. The number of carbonyl (C=O) groups excluding carboxylic acids is 1. The van der Waals surface area contributed by atoms with Gasteiger partial charge in [0.05, 0.1) is 6.61 Å². The Morgan fingerprint density at radius 2 is 1.79 bits per heavy atom. The number of aryl methyl sites for hydroxylation is 1. The fourth-order valence-corrected chi connectivity index (χ4v) is 3.70. The molecule has 0 bridgehead atoms. The molecule has 0 aliphatic carbocycles. The van der Waals surface area contributed by atoms with Crippen LogP contribution in [0.2, 0.25) is 0 Å². The molecule has 0 radical (unpaired) electrons. The molecular weight excluding hydrogens is 418 g/mol. The van der Waals surface area contributed by atoms with Crippen molar-refractivity contribution >= 4 is 17.2 Å². The van der Waals surface area contributed by atoms with Gasteiger partial charge in [0.25, 0.3) is 0 Å². The lowest BCUT2D eigenvalue weighted by molar-refractivity contribution is -0.116. The van der Waals surface area contributed by atoms with Crippen LogP contribution in [0, 0.1) is 12.8 Å². The molecule has 2 aromatic carbocycles. The van der Waals surface area contributed by atoms with Crippen molar-refractivity contribution in [2.45, 2.75) is 33.6 Å². The molecule has 1 atom stereocenters. The summed E-state index contributed by atoms with van der Waals surface area (Å²) in [6.45, 7) is 6.49. The molecule has 4 aromatic rings. The number of aromatic nitrogens is 4. The van der Waals surface area contributed by atoms with Gasteiger partial charge < -0.3 is 10.1 Å². The van der Waals surface area contributed by atoms with Crippen molar-refractivity contribution in [2.75, 3.05) is 11.9 Å². The summed E-state index contributed by atoms with van der Waals surface area (Å²) in [5.74, 6) is 1.37. The number of nitrogens with zero attached hydrogens (tertiary/aromatic N) is 4. The number of nitrogens with one attached hydrogen (secondary N) is 1. The lowest BCUT2D eigenvalue weighted by Crippen LogP contribution is -2.21. The molecule has 2 aromatic heterocycles. The van der Waals surface area contributed by atoms with E-state index in [0.29, 0.717) is 25.3 Å². The number of fused-ring (bicyclic) bond motifs is 1. The lowest BCUT2D eigenvalue weighted by atomic mass is 10.0. The van der Waals surface area contributed by atoms with E-state index in [9.17, 15) is 9.59 Å². The highest BCUT2D eigenvalue weighted by Gasteiger charge is 2.16. The van der Waals surface area contributed by atoms with Gasteiger partial charge in [-0.25, -0.2) is 0 Å². The number of anilines is 1. The van der Waals surface area contributed by atoms with Crippen molar-refractivity contribution in [3.05, 3.63) is 82.7 Å². The van der Waals surface area contributed by atoms with E-state index in [-0.39, 0.29) is 23.0 Å². The smallest absolute Gasteiger partial charge is 0.300 e. The highest BCUT2D eigenvalue weighted by molar-refractivity contribution is 5.90. The van der Waals surface area contributed by atoms with Crippen molar-refractivity contribution < 1.29 is 9.53 Å². The van der Waals surface area contributed by atoms with E-state index < -0.39 is 0 Å². The quantitative estimate of drug-likeness (QED) is 0.446. The van der Waals surface area contributed by atoms with E-state index >= 15 is 0 Å². The monoisotopic (exact) mass is 445 g/mol. The fraction of sp³-hybridized carbons (Fsp3) is 0.280. The Morgan fingerprint density at radius 1 is 1.06 bits per heavy atom. The molecule has 0 saturated heterocycles. The standard InChI is InChI=1S/C25H27N5O3/c1-4-33-21-11-9-20(10-12-21)29-13-14-30-22(27-28-24(30)25(29)32)15-18(3)16-23(31)26-19-7-5-17(2)6-8-19/h5-14,18H,4,15-16H2,1-3H3,(H,26,31)/t18-/m1/s1. The Bertz CT molecular complexity index is 1310. The van der Waals surface area contributed by atoms with E-state index in [4.69, 9.17) is 4.74 Å². The van der Waals surface area contributed by atoms with E-state index in [1.54, 1.807) is 16.8 Å². The van der Waals surface area contributed by atoms with Gasteiger partial charge in [-0.05, 0) is 56.2 Å². The average Bonchev–Trinajstić information content (AvgIpc) is 3.20. The van der Waals surface area contributed by atoms with Gasteiger partial charge in [-0.15, -0.1) is 10.2 Å². The third kappa shape index (κ3) is 5.11. The Balaban J connectivity index is 1.46. The van der Waals surface area contributed by atoms with Crippen molar-refractivity contribution in [1.82, 2.24) is 19.2 Å². The summed E-state index contributed by atoms with van der Waals surface area (Å²) >= 11 is 0. The molecule has 0 fully saturated rings. The molecule has 0 saturated carbocycles. The average molecular weight is 446 g/mol. The Labute approximate surface area is 191 Å². The highest BCUT2D eigenvalue weighted by atomic mass is 16.5. The van der Waals surface area contributed by atoms with Crippen LogP contribution in [0.4, 0.5) is 5.69 Å². The second-order valence-corrected chi connectivity index (χ2v) is 8.14. The predicted octanol–water partition coefficient (Wildman–Crippen LogP) is 3.79. The number of hydrogen-bond acceptors (Lipinski definition) is 5. The van der Waals surface area contributed by atoms with Gasteiger partial charge in [0.1, 0.15) is 11.6 Å². The van der Waals surface area contributed by atoms with E-state index in [2.05, 4.69) is 15.5 Å². The maximum absolute atomic E-state index is 13.0. The zero-order valence-electron chi connectivity index (χ0n) is 19.0. The minimum atomic E-state index is -0.259. The van der Waals surface area contributed by atoms with Gasteiger partial charge in [0.2, 0.25) is 11.6 Å². The summed E-state index contributed by atoms with van der Waals surface area (Å²) in [5.41, 5.74) is 2.63. The first-order chi connectivity index (χ1) is 15.9. The predicted molar refractivity (Wildman–Crippen MR) is 127 cm³/mol. The highest BCUT2D eigenvalue weighted by Crippen LogP contribution is 2.16. The van der Waals surface area contributed by atoms with Crippen LogP contribution in [0.1, 0.15) is 31.7 Å². The van der Waals surface area contributed by atoms with Gasteiger partial charge in [0, 0.05) is 36.6 Å². The number of hydrogen-bond donors (Lipinski definition) is 1. The first-order valence-electron chi connectivity index (χ1n) is 11.0. The maximum Gasteiger partial charge on any atom is 0.300 e. The van der Waals surface area contributed by atoms with Crippen LogP contribution < -0.4 is 15.6 Å². The van der Waals surface area contributed by atoms with E-state index in [0.717, 1.165) is 22.7 Å². The first-order valence-corrected chi connectivity index (χ1v) is 11.0. The van der Waals surface area contributed by atoms with Crippen LogP contribution in [0.15, 0.2) is 65.7 Å². The minimum absolute atomic E-state index is 0.0244. The van der Waals surface area contributed by atoms with Gasteiger partial charge in [-0.1, -0.05) is 24.6 Å². The van der Waals surface area contributed by atoms with Crippen LogP contribution >= 0.6 is 0 Å². The van der Waals surface area contributed by atoms with Crippen LogP contribution in [-0.4, -0.2) is 31.7 Å². The summed E-state index contributed by atoms with van der Waals surface area (Å²) in [4.78, 5) is 25.4. The molecule has 8 heteroatoms. The van der Waals surface area contributed by atoms with Crippen LogP contribution in [0.3, 0.4) is 0 Å². The van der Waals surface area contributed by atoms with Gasteiger partial charge in [-0.2, -0.15) is 0 Å². The number of benzene rings is 2. The van der Waals surface area contributed by atoms with Gasteiger partial charge in [0.15, 0.2) is 0 Å². The van der Waals surface area contributed by atoms with Crippen LogP contribution in [0.25, 0.3) is 11.3 Å². The summed E-state index contributed by atoms with van der Waals surface area (Å²) in [6, 6.07) is 15.0. The van der Waals surface area contributed by atoms with Crippen LogP contribution in [-0.2, 0) is 11.2 Å². The third-order valence-corrected chi connectivity index (χ3v) is 5.37. The minimum Gasteiger partial charge on any atom is -0.494 e. The molecule has 4 rings (SSSR count). The van der Waals surface area contributed by atoms with Crippen molar-refractivity contribution in [2.24, 2.45) is 5.92 Å². The number of rotatable bonds is 8. The lowest BCUT2D eigenvalue weighted by Gasteiger charge is -2.11. The first kappa shape index (κ1) is 22.3. The Hall–Kier alpha value is -3.94. The largest absolute Gasteiger partial charge is 0.494 e. The third-order valence-electron chi connectivity index (χ3n) is 5.37. The SMILES string of the molecule is CCOc1ccc(-n2ccn3c(C[C@@H](C)CC(=O)Nc4ccc(C)cc4)nnc3c2=O)cc1. The molecule has 0 spiro atoms.